The number of hydrogen-bond donors (Lipinski definition) is 0. The normalized spacial score (nSPS) is 10.4. The van der Waals surface area contributed by atoms with Gasteiger partial charge in [-0.2, -0.15) is 0 Å². The highest BCUT2D eigenvalue weighted by molar-refractivity contribution is 6.10. The summed E-state index contributed by atoms with van der Waals surface area (Å²) in [6.07, 6.45) is 0.0756. The molecule has 0 saturated heterocycles. The number of rotatable bonds is 5. The highest BCUT2D eigenvalue weighted by atomic mass is 16.5. The van der Waals surface area contributed by atoms with Crippen molar-refractivity contribution in [3.8, 4) is 11.5 Å². The molecule has 0 fully saturated rings. The van der Waals surface area contributed by atoms with Crippen molar-refractivity contribution in [3.05, 3.63) is 59.7 Å². The second-order valence-electron chi connectivity index (χ2n) is 4.72. The van der Waals surface area contributed by atoms with E-state index in [0.29, 0.717) is 22.6 Å². The highest BCUT2D eigenvalue weighted by Gasteiger charge is 2.14. The Balaban J connectivity index is 2.33. The fourth-order valence-electron chi connectivity index (χ4n) is 1.97. The van der Waals surface area contributed by atoms with Crippen LogP contribution in [0.4, 0.5) is 0 Å². The standard InChI is InChI=1S/C17H18O3/c1-12(2)20-14-8-6-7-13(11-14)17(18)15-9-4-5-10-16(15)19-3/h4-12H,1-3H3. The average molecular weight is 270 g/mol. The van der Waals surface area contributed by atoms with Gasteiger partial charge in [-0.05, 0) is 38.1 Å². The van der Waals surface area contributed by atoms with Gasteiger partial charge in [0, 0.05) is 5.56 Å². The van der Waals surface area contributed by atoms with Gasteiger partial charge in [0.1, 0.15) is 11.5 Å². The summed E-state index contributed by atoms with van der Waals surface area (Å²) in [7, 11) is 1.56. The third-order valence-corrected chi connectivity index (χ3v) is 2.82. The molecule has 0 aliphatic heterocycles. The van der Waals surface area contributed by atoms with Crippen molar-refractivity contribution in [1.29, 1.82) is 0 Å². The molecule has 0 amide bonds. The SMILES string of the molecule is COc1ccccc1C(=O)c1cccc(OC(C)C)c1. The fourth-order valence-corrected chi connectivity index (χ4v) is 1.97. The van der Waals surface area contributed by atoms with E-state index in [0.717, 1.165) is 0 Å². The van der Waals surface area contributed by atoms with Gasteiger partial charge in [0.15, 0.2) is 5.78 Å². The Bertz CT molecular complexity index is 603. The molecule has 0 aliphatic rings. The Kier molecular flexibility index (Phi) is 4.41. The van der Waals surface area contributed by atoms with E-state index in [-0.39, 0.29) is 11.9 Å². The molecule has 0 radical (unpaired) electrons. The molecular formula is C17H18O3. The second kappa shape index (κ2) is 6.24. The lowest BCUT2D eigenvalue weighted by Crippen LogP contribution is -2.07. The van der Waals surface area contributed by atoms with E-state index in [1.807, 2.05) is 38.1 Å². The molecule has 2 rings (SSSR count). The van der Waals surface area contributed by atoms with Crippen LogP contribution in [-0.4, -0.2) is 19.0 Å². The molecule has 0 bridgehead atoms. The predicted molar refractivity (Wildman–Crippen MR) is 78.6 cm³/mol. The van der Waals surface area contributed by atoms with Crippen LogP contribution in [0.3, 0.4) is 0 Å². The van der Waals surface area contributed by atoms with Crippen LogP contribution < -0.4 is 9.47 Å². The van der Waals surface area contributed by atoms with E-state index in [9.17, 15) is 4.79 Å². The predicted octanol–water partition coefficient (Wildman–Crippen LogP) is 3.71. The number of hydrogen-bond acceptors (Lipinski definition) is 3. The fraction of sp³-hybridized carbons (Fsp3) is 0.235. The van der Waals surface area contributed by atoms with Crippen molar-refractivity contribution < 1.29 is 14.3 Å². The first kappa shape index (κ1) is 14.1. The van der Waals surface area contributed by atoms with Gasteiger partial charge < -0.3 is 9.47 Å². The van der Waals surface area contributed by atoms with Crippen LogP contribution in [0.2, 0.25) is 0 Å². The van der Waals surface area contributed by atoms with E-state index in [1.54, 1.807) is 31.4 Å². The molecule has 0 N–H and O–H groups in total. The van der Waals surface area contributed by atoms with Crippen molar-refractivity contribution in [2.45, 2.75) is 20.0 Å². The Hall–Kier alpha value is -2.29. The lowest BCUT2D eigenvalue weighted by atomic mass is 10.0. The van der Waals surface area contributed by atoms with Gasteiger partial charge in [0.05, 0.1) is 18.8 Å². The molecular weight excluding hydrogens is 252 g/mol. The van der Waals surface area contributed by atoms with Crippen molar-refractivity contribution in [2.75, 3.05) is 7.11 Å². The molecule has 0 atom stereocenters. The van der Waals surface area contributed by atoms with Crippen LogP contribution in [0, 0.1) is 0 Å². The minimum Gasteiger partial charge on any atom is -0.496 e. The lowest BCUT2D eigenvalue weighted by Gasteiger charge is -2.11. The smallest absolute Gasteiger partial charge is 0.196 e. The van der Waals surface area contributed by atoms with Crippen molar-refractivity contribution in [2.24, 2.45) is 0 Å². The van der Waals surface area contributed by atoms with Gasteiger partial charge in [-0.25, -0.2) is 0 Å². The molecule has 0 spiro atoms. The Morgan fingerprint density at radius 1 is 1.05 bits per heavy atom. The van der Waals surface area contributed by atoms with E-state index in [2.05, 4.69) is 0 Å². The zero-order chi connectivity index (χ0) is 14.5. The average Bonchev–Trinajstić information content (AvgIpc) is 2.46. The Morgan fingerprint density at radius 2 is 1.80 bits per heavy atom. The first-order valence-corrected chi connectivity index (χ1v) is 6.56. The Morgan fingerprint density at radius 3 is 2.50 bits per heavy atom. The summed E-state index contributed by atoms with van der Waals surface area (Å²) in [5, 5.41) is 0. The van der Waals surface area contributed by atoms with Crippen LogP contribution in [0.15, 0.2) is 48.5 Å². The number of methoxy groups -OCH3 is 1. The second-order valence-corrected chi connectivity index (χ2v) is 4.72. The number of benzene rings is 2. The first-order chi connectivity index (χ1) is 9.61. The van der Waals surface area contributed by atoms with Crippen LogP contribution >= 0.6 is 0 Å². The van der Waals surface area contributed by atoms with Gasteiger partial charge >= 0.3 is 0 Å². The van der Waals surface area contributed by atoms with Crippen molar-refractivity contribution in [1.82, 2.24) is 0 Å². The maximum atomic E-state index is 12.5. The van der Waals surface area contributed by atoms with E-state index >= 15 is 0 Å². The quantitative estimate of drug-likeness (QED) is 0.777. The van der Waals surface area contributed by atoms with Gasteiger partial charge in [-0.15, -0.1) is 0 Å². The molecule has 0 saturated carbocycles. The topological polar surface area (TPSA) is 35.5 Å². The summed E-state index contributed by atoms with van der Waals surface area (Å²) in [5.74, 6) is 1.20. The third kappa shape index (κ3) is 3.18. The van der Waals surface area contributed by atoms with Crippen LogP contribution in [0.5, 0.6) is 11.5 Å². The minimum absolute atomic E-state index is 0.0725. The summed E-state index contributed by atoms with van der Waals surface area (Å²) >= 11 is 0. The molecule has 0 aromatic heterocycles. The van der Waals surface area contributed by atoms with E-state index in [1.165, 1.54) is 0 Å². The maximum Gasteiger partial charge on any atom is 0.196 e. The molecule has 0 heterocycles. The van der Waals surface area contributed by atoms with Gasteiger partial charge in [-0.3, -0.25) is 4.79 Å². The number of carbonyl (C=O) groups is 1. The molecule has 104 valence electrons. The monoisotopic (exact) mass is 270 g/mol. The van der Waals surface area contributed by atoms with Crippen LogP contribution in [0.25, 0.3) is 0 Å². The number of carbonyl (C=O) groups excluding carboxylic acids is 1. The zero-order valence-corrected chi connectivity index (χ0v) is 11.9. The summed E-state index contributed by atoms with van der Waals surface area (Å²) in [6.45, 7) is 3.91. The molecule has 2 aromatic carbocycles. The summed E-state index contributed by atoms with van der Waals surface area (Å²) in [4.78, 5) is 12.5. The van der Waals surface area contributed by atoms with Crippen molar-refractivity contribution >= 4 is 5.78 Å². The van der Waals surface area contributed by atoms with Crippen molar-refractivity contribution in [3.63, 3.8) is 0 Å². The van der Waals surface area contributed by atoms with Gasteiger partial charge in [0.2, 0.25) is 0 Å². The number of para-hydroxylation sites is 1. The van der Waals surface area contributed by atoms with E-state index in [4.69, 9.17) is 9.47 Å². The third-order valence-electron chi connectivity index (χ3n) is 2.82. The summed E-state index contributed by atoms with van der Waals surface area (Å²) in [5.41, 5.74) is 1.14. The molecule has 2 aromatic rings. The molecule has 3 nitrogen and oxygen atoms in total. The molecule has 0 unspecified atom stereocenters. The van der Waals surface area contributed by atoms with Crippen LogP contribution in [-0.2, 0) is 0 Å². The highest BCUT2D eigenvalue weighted by Crippen LogP contribution is 2.23. The zero-order valence-electron chi connectivity index (χ0n) is 11.9. The Labute approximate surface area is 119 Å². The number of ether oxygens (including phenoxy) is 2. The van der Waals surface area contributed by atoms with E-state index < -0.39 is 0 Å². The number of ketones is 1. The lowest BCUT2D eigenvalue weighted by molar-refractivity contribution is 0.103. The van der Waals surface area contributed by atoms with Gasteiger partial charge in [0.25, 0.3) is 0 Å². The maximum absolute atomic E-state index is 12.5. The van der Waals surface area contributed by atoms with Crippen LogP contribution in [0.1, 0.15) is 29.8 Å². The first-order valence-electron chi connectivity index (χ1n) is 6.56. The molecule has 20 heavy (non-hydrogen) atoms. The molecule has 0 aliphatic carbocycles. The largest absolute Gasteiger partial charge is 0.496 e. The minimum atomic E-state index is -0.0725. The summed E-state index contributed by atoms with van der Waals surface area (Å²) < 4.78 is 10.8. The molecule has 3 heteroatoms. The summed E-state index contributed by atoms with van der Waals surface area (Å²) in [6, 6.07) is 14.4. The van der Waals surface area contributed by atoms with Gasteiger partial charge in [-0.1, -0.05) is 24.3 Å².